The fourth-order valence-electron chi connectivity index (χ4n) is 1.22. The fraction of sp³-hybridized carbons (Fsp3) is 0.750. The second-order valence-corrected chi connectivity index (χ2v) is 3.53. The molecular formula is C8H14N4. The van der Waals surface area contributed by atoms with Gasteiger partial charge in [-0.3, -0.25) is 5.10 Å². The number of hydrogen-bond donors (Lipinski definition) is 2. The molecule has 4 heteroatoms. The zero-order chi connectivity index (χ0) is 8.55. The summed E-state index contributed by atoms with van der Waals surface area (Å²) in [6.45, 7) is 5.30. The predicted octanol–water partition coefficient (Wildman–Crippen LogP) is 0.962. The second-order valence-electron chi connectivity index (χ2n) is 3.53. The number of aromatic amines is 1. The van der Waals surface area contributed by atoms with E-state index in [1.54, 1.807) is 0 Å². The van der Waals surface area contributed by atoms with Crippen LogP contribution >= 0.6 is 0 Å². The average molecular weight is 166 g/mol. The van der Waals surface area contributed by atoms with Gasteiger partial charge in [-0.05, 0) is 13.0 Å². The molecule has 0 aliphatic carbocycles. The monoisotopic (exact) mass is 166 g/mol. The van der Waals surface area contributed by atoms with Crippen molar-refractivity contribution in [3.63, 3.8) is 0 Å². The van der Waals surface area contributed by atoms with Crippen molar-refractivity contribution in [2.75, 3.05) is 6.54 Å². The summed E-state index contributed by atoms with van der Waals surface area (Å²) < 4.78 is 0. The quantitative estimate of drug-likeness (QED) is 0.688. The highest BCUT2D eigenvalue weighted by molar-refractivity contribution is 5.02. The fourth-order valence-corrected chi connectivity index (χ4v) is 1.22. The van der Waals surface area contributed by atoms with E-state index >= 15 is 0 Å². The van der Waals surface area contributed by atoms with Crippen molar-refractivity contribution in [2.24, 2.45) is 0 Å². The van der Waals surface area contributed by atoms with Crippen molar-refractivity contribution < 1.29 is 0 Å². The molecule has 4 nitrogen and oxygen atoms in total. The zero-order valence-corrected chi connectivity index (χ0v) is 7.46. The van der Waals surface area contributed by atoms with E-state index in [4.69, 9.17) is 0 Å². The minimum atomic E-state index is 0.412. The Hall–Kier alpha value is -0.900. The third-order valence-corrected chi connectivity index (χ3v) is 2.19. The maximum absolute atomic E-state index is 4.40. The van der Waals surface area contributed by atoms with Gasteiger partial charge in [0.05, 0.1) is 6.04 Å². The smallest absolute Gasteiger partial charge is 0.153 e. The Morgan fingerprint density at radius 1 is 1.50 bits per heavy atom. The molecule has 0 saturated carbocycles. The predicted molar refractivity (Wildman–Crippen MR) is 45.8 cm³/mol. The summed E-state index contributed by atoms with van der Waals surface area (Å²) in [4.78, 5) is 4.40. The lowest BCUT2D eigenvalue weighted by Crippen LogP contribution is -2.35. The van der Waals surface area contributed by atoms with Crippen LogP contribution in [0.3, 0.4) is 0 Å². The van der Waals surface area contributed by atoms with E-state index in [2.05, 4.69) is 34.3 Å². The molecular weight excluding hydrogens is 152 g/mol. The minimum Gasteiger partial charge on any atom is -0.307 e. The first-order valence-electron chi connectivity index (χ1n) is 4.43. The first kappa shape index (κ1) is 7.73. The van der Waals surface area contributed by atoms with Crippen LogP contribution in [-0.4, -0.2) is 21.7 Å². The van der Waals surface area contributed by atoms with Gasteiger partial charge in [-0.15, -0.1) is 0 Å². The highest BCUT2D eigenvalue weighted by Gasteiger charge is 2.22. The van der Waals surface area contributed by atoms with Gasteiger partial charge in [0.1, 0.15) is 5.82 Å². The molecule has 0 bridgehead atoms. The van der Waals surface area contributed by atoms with Gasteiger partial charge in [-0.25, -0.2) is 4.98 Å². The Bertz CT molecular complexity index is 262. The van der Waals surface area contributed by atoms with Gasteiger partial charge >= 0.3 is 0 Å². The Morgan fingerprint density at radius 3 is 2.67 bits per heavy atom. The molecule has 2 N–H and O–H groups in total. The molecule has 1 fully saturated rings. The Labute approximate surface area is 71.8 Å². The minimum absolute atomic E-state index is 0.412. The van der Waals surface area contributed by atoms with Crippen LogP contribution < -0.4 is 5.32 Å². The Balaban J connectivity index is 2.12. The van der Waals surface area contributed by atoms with Gasteiger partial charge in [0, 0.05) is 5.92 Å². The van der Waals surface area contributed by atoms with E-state index in [1.807, 2.05) is 0 Å². The summed E-state index contributed by atoms with van der Waals surface area (Å²) >= 11 is 0. The number of aromatic nitrogens is 3. The van der Waals surface area contributed by atoms with Crippen molar-refractivity contribution in [3.05, 3.63) is 11.6 Å². The molecule has 1 unspecified atom stereocenters. The molecule has 66 valence electrons. The summed E-state index contributed by atoms with van der Waals surface area (Å²) in [5.41, 5.74) is 0. The number of hydrogen-bond acceptors (Lipinski definition) is 3. The van der Waals surface area contributed by atoms with Crippen LogP contribution in [0.15, 0.2) is 0 Å². The highest BCUT2D eigenvalue weighted by Crippen LogP contribution is 2.20. The van der Waals surface area contributed by atoms with Gasteiger partial charge in [0.25, 0.3) is 0 Å². The molecule has 12 heavy (non-hydrogen) atoms. The van der Waals surface area contributed by atoms with E-state index in [0.717, 1.165) is 18.2 Å². The molecule has 2 heterocycles. The maximum Gasteiger partial charge on any atom is 0.153 e. The standard InChI is InChI=1S/C8H14N4/c1-5(2)7-10-8(12-11-7)6-3-4-9-6/h5-6,9H,3-4H2,1-2H3,(H,10,11,12). The lowest BCUT2D eigenvalue weighted by molar-refractivity contribution is 0.367. The highest BCUT2D eigenvalue weighted by atomic mass is 15.2. The number of nitrogens with zero attached hydrogens (tertiary/aromatic N) is 2. The van der Waals surface area contributed by atoms with Crippen molar-refractivity contribution in [3.8, 4) is 0 Å². The topological polar surface area (TPSA) is 53.6 Å². The number of rotatable bonds is 2. The van der Waals surface area contributed by atoms with Gasteiger partial charge in [0.2, 0.25) is 0 Å². The normalized spacial score (nSPS) is 22.8. The third-order valence-electron chi connectivity index (χ3n) is 2.19. The number of nitrogens with one attached hydrogen (secondary N) is 2. The molecule has 1 aliphatic rings. The van der Waals surface area contributed by atoms with Crippen LogP contribution in [0, 0.1) is 0 Å². The first-order chi connectivity index (χ1) is 5.77. The lowest BCUT2D eigenvalue weighted by Gasteiger charge is -2.24. The SMILES string of the molecule is CC(C)c1n[nH]c(C2CCN2)n1. The van der Waals surface area contributed by atoms with E-state index in [9.17, 15) is 0 Å². The van der Waals surface area contributed by atoms with E-state index < -0.39 is 0 Å². The molecule has 0 spiro atoms. The van der Waals surface area contributed by atoms with Gasteiger partial charge in [0.15, 0.2) is 5.82 Å². The molecule has 1 aromatic rings. The summed E-state index contributed by atoms with van der Waals surface area (Å²) in [6.07, 6.45) is 1.17. The van der Waals surface area contributed by atoms with Crippen LogP contribution in [0.5, 0.6) is 0 Å². The first-order valence-corrected chi connectivity index (χ1v) is 4.43. The second kappa shape index (κ2) is 2.86. The summed E-state index contributed by atoms with van der Waals surface area (Å²) in [5.74, 6) is 2.32. The molecule has 0 aromatic carbocycles. The Morgan fingerprint density at radius 2 is 2.25 bits per heavy atom. The van der Waals surface area contributed by atoms with Crippen LogP contribution in [0.2, 0.25) is 0 Å². The van der Waals surface area contributed by atoms with E-state index in [-0.39, 0.29) is 0 Å². The summed E-state index contributed by atoms with van der Waals surface area (Å²) in [7, 11) is 0. The van der Waals surface area contributed by atoms with E-state index in [0.29, 0.717) is 12.0 Å². The van der Waals surface area contributed by atoms with Crippen LogP contribution in [-0.2, 0) is 0 Å². The van der Waals surface area contributed by atoms with E-state index in [1.165, 1.54) is 6.42 Å². The largest absolute Gasteiger partial charge is 0.307 e. The summed E-state index contributed by atoms with van der Waals surface area (Å²) in [5, 5.41) is 10.4. The van der Waals surface area contributed by atoms with Crippen molar-refractivity contribution in [1.82, 2.24) is 20.5 Å². The Kier molecular flexibility index (Phi) is 1.84. The van der Waals surface area contributed by atoms with Crippen molar-refractivity contribution >= 4 is 0 Å². The van der Waals surface area contributed by atoms with Crippen LogP contribution in [0.25, 0.3) is 0 Å². The zero-order valence-electron chi connectivity index (χ0n) is 7.46. The maximum atomic E-state index is 4.40. The van der Waals surface area contributed by atoms with Crippen molar-refractivity contribution in [1.29, 1.82) is 0 Å². The number of H-pyrrole nitrogens is 1. The van der Waals surface area contributed by atoms with Crippen molar-refractivity contribution in [2.45, 2.75) is 32.2 Å². The van der Waals surface area contributed by atoms with Gasteiger partial charge in [-0.1, -0.05) is 13.8 Å². The molecule has 1 saturated heterocycles. The average Bonchev–Trinajstić information content (AvgIpc) is 2.32. The van der Waals surface area contributed by atoms with Gasteiger partial charge < -0.3 is 5.32 Å². The molecule has 0 radical (unpaired) electrons. The van der Waals surface area contributed by atoms with Gasteiger partial charge in [-0.2, -0.15) is 5.10 Å². The lowest BCUT2D eigenvalue weighted by atomic mass is 10.1. The molecule has 1 aromatic heterocycles. The molecule has 2 rings (SSSR count). The van der Waals surface area contributed by atoms with Crippen LogP contribution in [0.1, 0.15) is 43.9 Å². The molecule has 1 atom stereocenters. The molecule has 1 aliphatic heterocycles. The van der Waals surface area contributed by atoms with Crippen LogP contribution in [0.4, 0.5) is 0 Å². The summed E-state index contributed by atoms with van der Waals surface area (Å²) in [6, 6.07) is 0.421. The molecule has 0 amide bonds. The third kappa shape index (κ3) is 1.22.